The van der Waals surface area contributed by atoms with Gasteiger partial charge in [-0.1, -0.05) is 26.7 Å². The van der Waals surface area contributed by atoms with Crippen molar-refractivity contribution in [1.29, 1.82) is 0 Å². The Balaban J connectivity index is 2.10. The number of hydrogen-bond donors (Lipinski definition) is 1. The van der Waals surface area contributed by atoms with Crippen LogP contribution in [0.4, 0.5) is 5.69 Å². The molecule has 1 aromatic carbocycles. The number of fused-ring (bicyclic) bond motifs is 1. The maximum atomic E-state index is 5.63. The predicted octanol–water partition coefficient (Wildman–Crippen LogP) is 4.60. The van der Waals surface area contributed by atoms with Crippen molar-refractivity contribution in [1.82, 2.24) is 0 Å². The van der Waals surface area contributed by atoms with E-state index < -0.39 is 0 Å². The number of anilines is 1. The fraction of sp³-hybridized carbons (Fsp3) is 0.600. The Morgan fingerprint density at radius 2 is 1.89 bits per heavy atom. The van der Waals surface area contributed by atoms with E-state index in [0.717, 1.165) is 28.1 Å². The minimum Gasteiger partial charge on any atom is -0.486 e. The molecule has 0 aromatic heterocycles. The van der Waals surface area contributed by atoms with Crippen LogP contribution in [0.3, 0.4) is 0 Å². The lowest BCUT2D eigenvalue weighted by molar-refractivity contribution is 0.171. The molecule has 0 radical (unpaired) electrons. The van der Waals surface area contributed by atoms with Gasteiger partial charge in [0.25, 0.3) is 0 Å². The third-order valence-corrected chi connectivity index (χ3v) is 4.05. The number of benzene rings is 1. The Morgan fingerprint density at radius 3 is 2.53 bits per heavy atom. The lowest BCUT2D eigenvalue weighted by Gasteiger charge is -2.23. The number of ether oxygens (including phenoxy) is 2. The summed E-state index contributed by atoms with van der Waals surface area (Å²) in [6, 6.07) is 4.54. The Bertz CT molecular complexity index is 423. The average molecular weight is 328 g/mol. The summed E-state index contributed by atoms with van der Waals surface area (Å²) in [5.41, 5.74) is 1.09. The zero-order chi connectivity index (χ0) is 13.7. The molecule has 2 rings (SSSR count). The molecule has 19 heavy (non-hydrogen) atoms. The highest BCUT2D eigenvalue weighted by Gasteiger charge is 2.16. The predicted molar refractivity (Wildman–Crippen MR) is 82.4 cm³/mol. The molecule has 0 saturated carbocycles. The molecule has 1 N–H and O–H groups in total. The van der Waals surface area contributed by atoms with Gasteiger partial charge < -0.3 is 14.8 Å². The average Bonchev–Trinajstić information content (AvgIpc) is 2.43. The molecule has 1 atom stereocenters. The van der Waals surface area contributed by atoms with E-state index in [0.29, 0.717) is 19.3 Å². The molecular weight excluding hydrogens is 306 g/mol. The summed E-state index contributed by atoms with van der Waals surface area (Å²) in [5, 5.41) is 3.60. The largest absolute Gasteiger partial charge is 0.486 e. The monoisotopic (exact) mass is 327 g/mol. The number of unbranched alkanes of at least 4 members (excludes halogenated alkanes) is 1. The second-order valence-corrected chi connectivity index (χ2v) is 5.72. The maximum Gasteiger partial charge on any atom is 0.163 e. The van der Waals surface area contributed by atoms with Crippen molar-refractivity contribution in [3.63, 3.8) is 0 Å². The standard InChI is InChI=1S/C15H22BrNO2/c1-3-5-6-11(4-2)17-13-10-15-14(9-12(13)16)18-7-8-19-15/h9-11,17H,3-8H2,1-2H3. The van der Waals surface area contributed by atoms with Crippen molar-refractivity contribution in [3.05, 3.63) is 16.6 Å². The van der Waals surface area contributed by atoms with Gasteiger partial charge in [-0.2, -0.15) is 0 Å². The Morgan fingerprint density at radius 1 is 1.21 bits per heavy atom. The zero-order valence-corrected chi connectivity index (χ0v) is 13.3. The number of halogens is 1. The highest BCUT2D eigenvalue weighted by Crippen LogP contribution is 2.38. The van der Waals surface area contributed by atoms with E-state index in [2.05, 4.69) is 35.1 Å². The minimum atomic E-state index is 0.513. The molecule has 106 valence electrons. The van der Waals surface area contributed by atoms with Crippen LogP contribution < -0.4 is 14.8 Å². The summed E-state index contributed by atoms with van der Waals surface area (Å²) in [5.74, 6) is 1.66. The van der Waals surface area contributed by atoms with E-state index in [4.69, 9.17) is 9.47 Å². The van der Waals surface area contributed by atoms with Gasteiger partial charge in [0.2, 0.25) is 0 Å². The molecule has 1 heterocycles. The van der Waals surface area contributed by atoms with Crippen molar-refractivity contribution in [2.75, 3.05) is 18.5 Å². The van der Waals surface area contributed by atoms with E-state index in [-0.39, 0.29) is 0 Å². The van der Waals surface area contributed by atoms with E-state index in [1.807, 2.05) is 12.1 Å². The number of hydrogen-bond acceptors (Lipinski definition) is 3. The molecular formula is C15H22BrNO2. The van der Waals surface area contributed by atoms with Gasteiger partial charge in [-0.3, -0.25) is 0 Å². The van der Waals surface area contributed by atoms with Crippen LogP contribution in [0, 0.1) is 0 Å². The van der Waals surface area contributed by atoms with Crippen LogP contribution in [-0.4, -0.2) is 19.3 Å². The fourth-order valence-electron chi connectivity index (χ4n) is 2.22. The van der Waals surface area contributed by atoms with Gasteiger partial charge in [0, 0.05) is 22.6 Å². The maximum absolute atomic E-state index is 5.63. The third kappa shape index (κ3) is 3.78. The first-order chi connectivity index (χ1) is 9.24. The second kappa shape index (κ2) is 7.04. The smallest absolute Gasteiger partial charge is 0.163 e. The van der Waals surface area contributed by atoms with Gasteiger partial charge in [-0.15, -0.1) is 0 Å². The lowest BCUT2D eigenvalue weighted by Crippen LogP contribution is -2.20. The molecule has 1 aromatic rings. The highest BCUT2D eigenvalue weighted by atomic mass is 79.9. The molecule has 1 aliphatic rings. The van der Waals surface area contributed by atoms with Gasteiger partial charge >= 0.3 is 0 Å². The minimum absolute atomic E-state index is 0.513. The van der Waals surface area contributed by atoms with Crippen LogP contribution in [0.2, 0.25) is 0 Å². The molecule has 1 unspecified atom stereocenters. The molecule has 0 amide bonds. The van der Waals surface area contributed by atoms with Gasteiger partial charge in [-0.05, 0) is 28.8 Å². The summed E-state index contributed by atoms with van der Waals surface area (Å²) in [4.78, 5) is 0. The second-order valence-electron chi connectivity index (χ2n) is 4.87. The molecule has 3 nitrogen and oxygen atoms in total. The Labute approximate surface area is 123 Å². The van der Waals surface area contributed by atoms with Gasteiger partial charge in [0.1, 0.15) is 13.2 Å². The van der Waals surface area contributed by atoms with Crippen molar-refractivity contribution in [2.24, 2.45) is 0 Å². The van der Waals surface area contributed by atoms with Crippen LogP contribution in [-0.2, 0) is 0 Å². The van der Waals surface area contributed by atoms with Crippen LogP contribution in [0.25, 0.3) is 0 Å². The van der Waals surface area contributed by atoms with Crippen molar-refractivity contribution >= 4 is 21.6 Å². The lowest BCUT2D eigenvalue weighted by atomic mass is 10.1. The van der Waals surface area contributed by atoms with Crippen LogP contribution in [0.15, 0.2) is 16.6 Å². The summed E-state index contributed by atoms with van der Waals surface area (Å²) in [6.07, 6.45) is 4.82. The quantitative estimate of drug-likeness (QED) is 0.828. The highest BCUT2D eigenvalue weighted by molar-refractivity contribution is 9.10. The topological polar surface area (TPSA) is 30.5 Å². The summed E-state index contributed by atoms with van der Waals surface area (Å²) < 4.78 is 12.2. The molecule has 0 spiro atoms. The number of nitrogens with one attached hydrogen (secondary N) is 1. The van der Waals surface area contributed by atoms with Gasteiger partial charge in [-0.25, -0.2) is 0 Å². The summed E-state index contributed by atoms with van der Waals surface area (Å²) in [6.45, 7) is 5.70. The van der Waals surface area contributed by atoms with Crippen molar-refractivity contribution < 1.29 is 9.47 Å². The van der Waals surface area contributed by atoms with E-state index in [1.54, 1.807) is 0 Å². The van der Waals surface area contributed by atoms with E-state index >= 15 is 0 Å². The van der Waals surface area contributed by atoms with E-state index in [1.165, 1.54) is 19.3 Å². The first-order valence-electron chi connectivity index (χ1n) is 7.10. The van der Waals surface area contributed by atoms with E-state index in [9.17, 15) is 0 Å². The van der Waals surface area contributed by atoms with Crippen LogP contribution in [0.1, 0.15) is 39.5 Å². The molecule has 4 heteroatoms. The van der Waals surface area contributed by atoms with Crippen LogP contribution in [0.5, 0.6) is 11.5 Å². The molecule has 0 aliphatic carbocycles. The molecule has 0 fully saturated rings. The normalized spacial score (nSPS) is 15.1. The SMILES string of the molecule is CCCCC(CC)Nc1cc2c(cc1Br)OCCO2. The van der Waals surface area contributed by atoms with Crippen LogP contribution >= 0.6 is 15.9 Å². The molecule has 1 aliphatic heterocycles. The summed E-state index contributed by atoms with van der Waals surface area (Å²) in [7, 11) is 0. The molecule has 0 bridgehead atoms. The first-order valence-corrected chi connectivity index (χ1v) is 7.89. The van der Waals surface area contributed by atoms with Crippen molar-refractivity contribution in [3.8, 4) is 11.5 Å². The van der Waals surface area contributed by atoms with Crippen molar-refractivity contribution in [2.45, 2.75) is 45.6 Å². The first kappa shape index (κ1) is 14.5. The summed E-state index contributed by atoms with van der Waals surface area (Å²) >= 11 is 3.60. The van der Waals surface area contributed by atoms with Gasteiger partial charge in [0.15, 0.2) is 11.5 Å². The number of rotatable bonds is 6. The fourth-order valence-corrected chi connectivity index (χ4v) is 2.66. The molecule has 0 saturated heterocycles. The third-order valence-electron chi connectivity index (χ3n) is 3.39. The Hall–Kier alpha value is -0.900. The van der Waals surface area contributed by atoms with Gasteiger partial charge in [0.05, 0.1) is 5.69 Å². The Kier molecular flexibility index (Phi) is 5.37. The zero-order valence-electron chi connectivity index (χ0n) is 11.7.